The van der Waals surface area contributed by atoms with E-state index < -0.39 is 0 Å². The lowest BCUT2D eigenvalue weighted by molar-refractivity contribution is 0.269. The van der Waals surface area contributed by atoms with Crippen molar-refractivity contribution >= 4 is 16.7 Å². The maximum Gasteiger partial charge on any atom is 0.110 e. The highest BCUT2D eigenvalue weighted by Gasteiger charge is 2.22. The monoisotopic (exact) mass is 288 g/mol. The number of nitrogen functional groups attached to an aromatic ring is 1. The number of nitrogens with zero attached hydrogens (tertiary/aromatic N) is 3. The van der Waals surface area contributed by atoms with Crippen molar-refractivity contribution in [1.82, 2.24) is 14.5 Å². The lowest BCUT2D eigenvalue weighted by atomic mass is 10.0. The molecule has 0 radical (unpaired) electrons. The van der Waals surface area contributed by atoms with Gasteiger partial charge in [-0.2, -0.15) is 0 Å². The molecule has 2 rings (SSSR count). The first kappa shape index (κ1) is 15.8. The quantitative estimate of drug-likeness (QED) is 0.829. The van der Waals surface area contributed by atoms with Crippen molar-refractivity contribution in [2.75, 3.05) is 26.4 Å². The van der Waals surface area contributed by atoms with Crippen LogP contribution in [0.25, 0.3) is 11.0 Å². The molecule has 4 heteroatoms. The number of likely N-dealkylation sites (N-methyl/N-ethyl adjacent to an activating group) is 1. The molecule has 0 spiro atoms. The molecule has 2 N–H and O–H groups in total. The third-order valence-corrected chi connectivity index (χ3v) is 3.91. The summed E-state index contributed by atoms with van der Waals surface area (Å²) in [6, 6.07) is 6.50. The minimum atomic E-state index is 0.426. The molecule has 2 aromatic rings. The standard InChI is InChI=1S/C17H28N4/c1-6-7-17-19-14-10-13(18)8-9-15(14)21(17)16(12(2)3)11-20(4)5/h8-10,12,16H,6-7,11,18H2,1-5H3. The zero-order valence-corrected chi connectivity index (χ0v) is 13.9. The van der Waals surface area contributed by atoms with E-state index in [-0.39, 0.29) is 0 Å². The van der Waals surface area contributed by atoms with E-state index >= 15 is 0 Å². The lowest BCUT2D eigenvalue weighted by Crippen LogP contribution is -2.29. The Morgan fingerprint density at radius 1 is 1.29 bits per heavy atom. The third kappa shape index (κ3) is 3.38. The van der Waals surface area contributed by atoms with Gasteiger partial charge in [0.15, 0.2) is 0 Å². The summed E-state index contributed by atoms with van der Waals surface area (Å²) < 4.78 is 2.43. The van der Waals surface area contributed by atoms with Crippen LogP contribution in [0.15, 0.2) is 18.2 Å². The fourth-order valence-electron chi connectivity index (χ4n) is 2.90. The van der Waals surface area contributed by atoms with Crippen LogP contribution in [0.3, 0.4) is 0 Å². The number of aromatic nitrogens is 2. The van der Waals surface area contributed by atoms with E-state index in [0.717, 1.165) is 30.6 Å². The van der Waals surface area contributed by atoms with Crippen LogP contribution in [0.1, 0.15) is 39.1 Å². The van der Waals surface area contributed by atoms with Gasteiger partial charge < -0.3 is 15.2 Å². The smallest absolute Gasteiger partial charge is 0.110 e. The summed E-state index contributed by atoms with van der Waals surface area (Å²) in [5.41, 5.74) is 8.92. The number of benzene rings is 1. The Morgan fingerprint density at radius 2 is 2.00 bits per heavy atom. The lowest BCUT2D eigenvalue weighted by Gasteiger charge is -2.28. The van der Waals surface area contributed by atoms with Crippen LogP contribution in [-0.4, -0.2) is 35.1 Å². The number of nitrogens with two attached hydrogens (primary N) is 1. The number of hydrogen-bond acceptors (Lipinski definition) is 3. The Hall–Kier alpha value is -1.55. The van der Waals surface area contributed by atoms with E-state index in [4.69, 9.17) is 10.7 Å². The summed E-state index contributed by atoms with van der Waals surface area (Å²) in [6.45, 7) is 7.79. The zero-order valence-electron chi connectivity index (χ0n) is 13.9. The molecule has 0 amide bonds. The van der Waals surface area contributed by atoms with Gasteiger partial charge >= 0.3 is 0 Å². The van der Waals surface area contributed by atoms with Crippen LogP contribution in [0.2, 0.25) is 0 Å². The Labute approximate surface area is 128 Å². The maximum atomic E-state index is 5.92. The Bertz CT molecular complexity index is 598. The van der Waals surface area contributed by atoms with Gasteiger partial charge in [-0.25, -0.2) is 4.98 Å². The van der Waals surface area contributed by atoms with Crippen molar-refractivity contribution < 1.29 is 0 Å². The van der Waals surface area contributed by atoms with Crippen LogP contribution < -0.4 is 5.73 Å². The highest BCUT2D eigenvalue weighted by Crippen LogP contribution is 2.28. The number of anilines is 1. The SMILES string of the molecule is CCCc1nc2cc(N)ccc2n1C(CN(C)C)C(C)C. The van der Waals surface area contributed by atoms with Gasteiger partial charge in [-0.15, -0.1) is 0 Å². The summed E-state index contributed by atoms with van der Waals surface area (Å²) in [6.07, 6.45) is 2.11. The topological polar surface area (TPSA) is 47.1 Å². The van der Waals surface area contributed by atoms with Crippen molar-refractivity contribution in [2.45, 2.75) is 39.7 Å². The van der Waals surface area contributed by atoms with E-state index in [0.29, 0.717) is 12.0 Å². The van der Waals surface area contributed by atoms with Crippen molar-refractivity contribution in [1.29, 1.82) is 0 Å². The van der Waals surface area contributed by atoms with Gasteiger partial charge in [0.25, 0.3) is 0 Å². The molecule has 1 heterocycles. The van der Waals surface area contributed by atoms with E-state index in [1.807, 2.05) is 12.1 Å². The first-order valence-corrected chi connectivity index (χ1v) is 7.85. The zero-order chi connectivity index (χ0) is 15.6. The molecule has 0 aliphatic rings. The second kappa shape index (κ2) is 6.48. The minimum Gasteiger partial charge on any atom is -0.399 e. The maximum absolute atomic E-state index is 5.92. The van der Waals surface area contributed by atoms with Crippen molar-refractivity contribution in [3.8, 4) is 0 Å². The number of hydrogen-bond donors (Lipinski definition) is 1. The molecule has 1 unspecified atom stereocenters. The summed E-state index contributed by atoms with van der Waals surface area (Å²) in [5.74, 6) is 1.73. The molecule has 0 aliphatic carbocycles. The molecular weight excluding hydrogens is 260 g/mol. The molecule has 0 saturated carbocycles. The number of fused-ring (bicyclic) bond motifs is 1. The summed E-state index contributed by atoms with van der Waals surface area (Å²) in [7, 11) is 4.26. The predicted molar refractivity (Wildman–Crippen MR) is 90.6 cm³/mol. The van der Waals surface area contributed by atoms with E-state index in [1.165, 1.54) is 11.3 Å². The minimum absolute atomic E-state index is 0.426. The van der Waals surface area contributed by atoms with Gasteiger partial charge in [0.1, 0.15) is 5.82 Å². The molecule has 0 fully saturated rings. The molecule has 1 atom stereocenters. The second-order valence-electron chi connectivity index (χ2n) is 6.47. The Kier molecular flexibility index (Phi) is 4.88. The average molecular weight is 288 g/mol. The van der Waals surface area contributed by atoms with E-state index in [9.17, 15) is 0 Å². The van der Waals surface area contributed by atoms with E-state index in [1.54, 1.807) is 0 Å². The van der Waals surface area contributed by atoms with Crippen LogP contribution in [0, 0.1) is 5.92 Å². The number of rotatable bonds is 6. The predicted octanol–water partition coefficient (Wildman–Crippen LogP) is 3.33. The van der Waals surface area contributed by atoms with Crippen LogP contribution >= 0.6 is 0 Å². The molecule has 21 heavy (non-hydrogen) atoms. The molecule has 4 nitrogen and oxygen atoms in total. The first-order valence-electron chi connectivity index (χ1n) is 7.85. The van der Waals surface area contributed by atoms with Crippen molar-refractivity contribution in [3.63, 3.8) is 0 Å². The van der Waals surface area contributed by atoms with Gasteiger partial charge in [0.2, 0.25) is 0 Å². The summed E-state index contributed by atoms with van der Waals surface area (Å²) in [4.78, 5) is 7.09. The molecule has 1 aromatic carbocycles. The highest BCUT2D eigenvalue weighted by molar-refractivity contribution is 5.79. The number of aryl methyl sites for hydroxylation is 1. The molecule has 116 valence electrons. The van der Waals surface area contributed by atoms with Crippen LogP contribution in [0.4, 0.5) is 5.69 Å². The highest BCUT2D eigenvalue weighted by atomic mass is 15.2. The molecular formula is C17H28N4. The molecule has 0 bridgehead atoms. The molecule has 0 saturated heterocycles. The molecule has 0 aliphatic heterocycles. The summed E-state index contributed by atoms with van der Waals surface area (Å²) >= 11 is 0. The normalized spacial score (nSPS) is 13.5. The van der Waals surface area contributed by atoms with Gasteiger partial charge in [-0.1, -0.05) is 20.8 Å². The fourth-order valence-corrected chi connectivity index (χ4v) is 2.90. The third-order valence-electron chi connectivity index (χ3n) is 3.91. The van der Waals surface area contributed by atoms with Gasteiger partial charge in [0.05, 0.1) is 17.1 Å². The van der Waals surface area contributed by atoms with Crippen LogP contribution in [-0.2, 0) is 6.42 Å². The van der Waals surface area contributed by atoms with Gasteiger partial charge in [-0.05, 0) is 44.6 Å². The Morgan fingerprint density at radius 3 is 2.57 bits per heavy atom. The van der Waals surface area contributed by atoms with Crippen LogP contribution in [0.5, 0.6) is 0 Å². The number of imidazole rings is 1. The summed E-state index contributed by atoms with van der Waals surface area (Å²) in [5, 5.41) is 0. The first-order chi connectivity index (χ1) is 9.93. The second-order valence-corrected chi connectivity index (χ2v) is 6.47. The van der Waals surface area contributed by atoms with Gasteiger partial charge in [0, 0.05) is 18.7 Å². The van der Waals surface area contributed by atoms with Crippen molar-refractivity contribution in [3.05, 3.63) is 24.0 Å². The fraction of sp³-hybridized carbons (Fsp3) is 0.588. The largest absolute Gasteiger partial charge is 0.399 e. The van der Waals surface area contributed by atoms with Gasteiger partial charge in [-0.3, -0.25) is 0 Å². The van der Waals surface area contributed by atoms with E-state index in [2.05, 4.69) is 50.4 Å². The molecule has 1 aromatic heterocycles. The Balaban J connectivity index is 2.59. The average Bonchev–Trinajstić information content (AvgIpc) is 2.73. The van der Waals surface area contributed by atoms with Crippen molar-refractivity contribution in [2.24, 2.45) is 5.92 Å².